The van der Waals surface area contributed by atoms with Crippen LogP contribution in [0.2, 0.25) is 0 Å². The Hall–Kier alpha value is -2.05. The number of hydrogen-bond acceptors (Lipinski definition) is 4. The van der Waals surface area contributed by atoms with Crippen LogP contribution in [0.4, 0.5) is 0 Å². The highest BCUT2D eigenvalue weighted by Crippen LogP contribution is 2.29. The molecule has 0 saturated carbocycles. The lowest BCUT2D eigenvalue weighted by molar-refractivity contribution is 0.254. The van der Waals surface area contributed by atoms with Gasteiger partial charge in [-0.25, -0.2) is 13.1 Å². The molecule has 128 valence electrons. The normalized spacial score (nSPS) is 17.0. The molecule has 2 aromatic rings. The van der Waals surface area contributed by atoms with Crippen molar-refractivity contribution in [2.24, 2.45) is 0 Å². The van der Waals surface area contributed by atoms with E-state index < -0.39 is 10.0 Å². The lowest BCUT2D eigenvalue weighted by Gasteiger charge is -2.26. The fourth-order valence-corrected chi connectivity index (χ4v) is 4.28. The van der Waals surface area contributed by atoms with Crippen LogP contribution >= 0.6 is 0 Å². The second-order valence-electron chi connectivity index (χ2n) is 6.03. The van der Waals surface area contributed by atoms with Crippen molar-refractivity contribution in [1.29, 1.82) is 0 Å². The zero-order valence-electron chi connectivity index (χ0n) is 14.0. The predicted octanol–water partition coefficient (Wildman–Crippen LogP) is 2.59. The average Bonchev–Trinajstić information content (AvgIpc) is 2.56. The molecule has 0 aromatic heterocycles. The van der Waals surface area contributed by atoms with Crippen molar-refractivity contribution in [1.82, 2.24) is 4.72 Å². The summed E-state index contributed by atoms with van der Waals surface area (Å²) < 4.78 is 39.3. The minimum absolute atomic E-state index is 0.159. The van der Waals surface area contributed by atoms with Crippen LogP contribution in [0.3, 0.4) is 0 Å². The van der Waals surface area contributed by atoms with E-state index in [9.17, 15) is 8.42 Å². The number of nitrogens with one attached hydrogen (secondary N) is 1. The number of aryl methyl sites for hydroxylation is 2. The summed E-state index contributed by atoms with van der Waals surface area (Å²) in [4.78, 5) is 0.159. The van der Waals surface area contributed by atoms with Gasteiger partial charge in [0.15, 0.2) is 0 Å². The van der Waals surface area contributed by atoms with E-state index in [0.717, 1.165) is 22.4 Å². The van der Waals surface area contributed by atoms with Gasteiger partial charge in [0.2, 0.25) is 10.0 Å². The van der Waals surface area contributed by atoms with Crippen LogP contribution in [0.15, 0.2) is 41.3 Å². The van der Waals surface area contributed by atoms with Gasteiger partial charge >= 0.3 is 0 Å². The van der Waals surface area contributed by atoms with Gasteiger partial charge in [-0.1, -0.05) is 18.2 Å². The Bertz CT molecular complexity index is 861. The number of fused-ring (bicyclic) bond motifs is 1. The van der Waals surface area contributed by atoms with Crippen molar-refractivity contribution in [3.63, 3.8) is 0 Å². The maximum atomic E-state index is 12.8. The molecule has 1 unspecified atom stereocenters. The van der Waals surface area contributed by atoms with Gasteiger partial charge in [0.25, 0.3) is 0 Å². The number of rotatable bonds is 4. The van der Waals surface area contributed by atoms with E-state index >= 15 is 0 Å². The average molecular weight is 347 g/mol. The van der Waals surface area contributed by atoms with Gasteiger partial charge in [-0.15, -0.1) is 0 Å². The first-order chi connectivity index (χ1) is 11.4. The number of methoxy groups -OCH3 is 1. The third-order valence-corrected chi connectivity index (χ3v) is 5.81. The van der Waals surface area contributed by atoms with Crippen LogP contribution in [-0.2, 0) is 16.4 Å². The molecule has 0 radical (unpaired) electrons. The Morgan fingerprint density at radius 3 is 2.62 bits per heavy atom. The summed E-state index contributed by atoms with van der Waals surface area (Å²) in [7, 11) is -2.22. The molecule has 1 heterocycles. The summed E-state index contributed by atoms with van der Waals surface area (Å²) in [5.74, 6) is 1.17. The summed E-state index contributed by atoms with van der Waals surface area (Å²) in [6.07, 6.45) is 0.600. The van der Waals surface area contributed by atoms with Gasteiger partial charge < -0.3 is 9.47 Å². The highest BCUT2D eigenvalue weighted by molar-refractivity contribution is 7.89. The standard InChI is InChI=1S/C18H21NO4S/c1-12-8-17(22-3)18(9-13(12)2)24(20,21)19-15-10-14-6-4-5-7-16(14)23-11-15/h4-9,15,19H,10-11H2,1-3H3. The van der Waals surface area contributed by atoms with E-state index in [2.05, 4.69) is 4.72 Å². The first-order valence-electron chi connectivity index (χ1n) is 7.79. The second kappa shape index (κ2) is 6.45. The van der Waals surface area contributed by atoms with Crippen molar-refractivity contribution in [3.8, 4) is 11.5 Å². The number of benzene rings is 2. The molecule has 1 N–H and O–H groups in total. The molecule has 3 rings (SSSR count). The fourth-order valence-electron chi connectivity index (χ4n) is 2.82. The Balaban J connectivity index is 1.86. The minimum atomic E-state index is -3.70. The lowest BCUT2D eigenvalue weighted by Crippen LogP contribution is -2.42. The number of sulfonamides is 1. The molecule has 0 aliphatic carbocycles. The molecule has 1 aliphatic rings. The third kappa shape index (κ3) is 3.25. The van der Waals surface area contributed by atoms with Gasteiger partial charge in [0, 0.05) is 0 Å². The molecular formula is C18H21NO4S. The second-order valence-corrected chi connectivity index (χ2v) is 7.71. The van der Waals surface area contributed by atoms with Crippen LogP contribution in [0, 0.1) is 13.8 Å². The smallest absolute Gasteiger partial charge is 0.244 e. The molecule has 5 nitrogen and oxygen atoms in total. The Labute approximate surface area is 142 Å². The van der Waals surface area contributed by atoms with Crippen LogP contribution < -0.4 is 14.2 Å². The maximum absolute atomic E-state index is 12.8. The quantitative estimate of drug-likeness (QED) is 0.923. The van der Waals surface area contributed by atoms with E-state index in [0.29, 0.717) is 18.8 Å². The number of para-hydroxylation sites is 1. The highest BCUT2D eigenvalue weighted by Gasteiger charge is 2.27. The number of hydrogen-bond donors (Lipinski definition) is 1. The van der Waals surface area contributed by atoms with Crippen LogP contribution in [0.25, 0.3) is 0 Å². The molecule has 0 bridgehead atoms. The minimum Gasteiger partial charge on any atom is -0.495 e. The molecule has 2 aromatic carbocycles. The SMILES string of the molecule is COc1cc(C)c(C)cc1S(=O)(=O)NC1COc2ccccc2C1. The Morgan fingerprint density at radius 1 is 1.17 bits per heavy atom. The van der Waals surface area contributed by atoms with E-state index in [-0.39, 0.29) is 10.9 Å². The molecule has 0 fully saturated rings. The van der Waals surface area contributed by atoms with Crippen molar-refractivity contribution < 1.29 is 17.9 Å². The Morgan fingerprint density at radius 2 is 1.88 bits per heavy atom. The zero-order chi connectivity index (χ0) is 17.3. The van der Waals surface area contributed by atoms with Gasteiger partial charge in [-0.3, -0.25) is 0 Å². The monoisotopic (exact) mass is 347 g/mol. The summed E-state index contributed by atoms with van der Waals surface area (Å²) in [5, 5.41) is 0. The molecule has 24 heavy (non-hydrogen) atoms. The summed E-state index contributed by atoms with van der Waals surface area (Å²) >= 11 is 0. The molecule has 0 amide bonds. The first-order valence-corrected chi connectivity index (χ1v) is 9.27. The first kappa shape index (κ1) is 16.8. The van der Waals surface area contributed by atoms with E-state index in [1.807, 2.05) is 38.1 Å². The molecular weight excluding hydrogens is 326 g/mol. The van der Waals surface area contributed by atoms with Crippen molar-refractivity contribution in [3.05, 3.63) is 53.1 Å². The van der Waals surface area contributed by atoms with Gasteiger partial charge in [-0.05, 0) is 55.2 Å². The predicted molar refractivity (Wildman–Crippen MR) is 92.2 cm³/mol. The summed E-state index contributed by atoms with van der Waals surface area (Å²) in [5.41, 5.74) is 2.89. The fraction of sp³-hybridized carbons (Fsp3) is 0.333. The summed E-state index contributed by atoms with van der Waals surface area (Å²) in [6, 6.07) is 10.8. The third-order valence-electron chi connectivity index (χ3n) is 4.27. The maximum Gasteiger partial charge on any atom is 0.244 e. The van der Waals surface area contributed by atoms with Crippen LogP contribution in [0.5, 0.6) is 11.5 Å². The zero-order valence-corrected chi connectivity index (χ0v) is 14.8. The van der Waals surface area contributed by atoms with Gasteiger partial charge in [-0.2, -0.15) is 0 Å². The molecule has 0 spiro atoms. The van der Waals surface area contributed by atoms with E-state index in [1.165, 1.54) is 7.11 Å². The molecule has 6 heteroatoms. The lowest BCUT2D eigenvalue weighted by atomic mass is 10.0. The topological polar surface area (TPSA) is 64.6 Å². The van der Waals surface area contributed by atoms with Crippen molar-refractivity contribution in [2.75, 3.05) is 13.7 Å². The van der Waals surface area contributed by atoms with Crippen molar-refractivity contribution >= 4 is 10.0 Å². The highest BCUT2D eigenvalue weighted by atomic mass is 32.2. The van der Waals surface area contributed by atoms with Crippen LogP contribution in [0.1, 0.15) is 16.7 Å². The van der Waals surface area contributed by atoms with E-state index in [1.54, 1.807) is 12.1 Å². The van der Waals surface area contributed by atoms with Crippen LogP contribution in [-0.4, -0.2) is 28.2 Å². The van der Waals surface area contributed by atoms with Gasteiger partial charge in [0.1, 0.15) is 23.0 Å². The van der Waals surface area contributed by atoms with E-state index in [4.69, 9.17) is 9.47 Å². The molecule has 1 aliphatic heterocycles. The van der Waals surface area contributed by atoms with Gasteiger partial charge in [0.05, 0.1) is 13.2 Å². The largest absolute Gasteiger partial charge is 0.495 e. The number of ether oxygens (including phenoxy) is 2. The Kier molecular flexibility index (Phi) is 4.51. The van der Waals surface area contributed by atoms with Crippen molar-refractivity contribution in [2.45, 2.75) is 31.2 Å². The summed E-state index contributed by atoms with van der Waals surface area (Å²) in [6.45, 7) is 4.12. The molecule has 1 atom stereocenters. The molecule has 0 saturated heterocycles.